The predicted molar refractivity (Wildman–Crippen MR) is 185 cm³/mol. The molecule has 4 amide bonds. The molecular formula is C39H37ClFN3O6. The van der Waals surface area contributed by atoms with Gasteiger partial charge in [0.15, 0.2) is 11.5 Å². The molecule has 2 heterocycles. The van der Waals surface area contributed by atoms with Crippen LogP contribution in [-0.4, -0.2) is 51.3 Å². The molecule has 11 heteroatoms. The lowest BCUT2D eigenvalue weighted by Gasteiger charge is -2.49. The van der Waals surface area contributed by atoms with Crippen LogP contribution in [0, 0.1) is 35.4 Å². The second-order valence-corrected chi connectivity index (χ2v) is 14.8. The van der Waals surface area contributed by atoms with E-state index in [9.17, 15) is 23.9 Å². The van der Waals surface area contributed by atoms with Gasteiger partial charge in [-0.05, 0) is 99.2 Å². The number of methoxy groups -OCH3 is 1. The average Bonchev–Trinajstić information content (AvgIpc) is 3.47. The summed E-state index contributed by atoms with van der Waals surface area (Å²) in [6.45, 7) is 5.49. The Morgan fingerprint density at radius 3 is 2.32 bits per heavy atom. The minimum atomic E-state index is -1.48. The number of hydrogen-bond acceptors (Lipinski definition) is 7. The van der Waals surface area contributed by atoms with Crippen molar-refractivity contribution < 1.29 is 33.4 Å². The minimum Gasteiger partial charge on any atom is -0.504 e. The number of phenolic OH excluding ortho intramolecular Hbond substituents is 1. The Hall–Kier alpha value is -4.96. The molecule has 2 aliphatic carbocycles. The number of fused-ring (bicyclic) bond motifs is 4. The number of nitrogens with zero attached hydrogens (tertiary/aromatic N) is 2. The molecule has 9 nitrogen and oxygen atoms in total. The summed E-state index contributed by atoms with van der Waals surface area (Å²) in [7, 11) is 1.45. The monoisotopic (exact) mass is 697 g/mol. The summed E-state index contributed by atoms with van der Waals surface area (Å²) in [5.41, 5.74) is 3.12. The number of carbonyl (C=O) groups is 4. The number of amides is 4. The molecule has 7 rings (SSSR count). The first-order valence-electron chi connectivity index (χ1n) is 16.6. The number of aromatic hydroxyl groups is 1. The fourth-order valence-electron chi connectivity index (χ4n) is 8.57. The Kier molecular flexibility index (Phi) is 8.13. The number of hydrazine groups is 1. The van der Waals surface area contributed by atoms with Gasteiger partial charge in [0.25, 0.3) is 11.8 Å². The molecule has 1 saturated carbocycles. The number of nitrogens with one attached hydrogen (secondary N) is 1. The molecule has 0 spiro atoms. The predicted octanol–water partition coefficient (Wildman–Crippen LogP) is 6.52. The summed E-state index contributed by atoms with van der Waals surface area (Å²) in [4.78, 5) is 59.0. The molecule has 0 bridgehead atoms. The average molecular weight is 698 g/mol. The van der Waals surface area contributed by atoms with Crippen LogP contribution in [-0.2, 0) is 24.6 Å². The summed E-state index contributed by atoms with van der Waals surface area (Å²) in [6.07, 6.45) is 6.13. The molecule has 3 aromatic carbocycles. The van der Waals surface area contributed by atoms with E-state index in [-0.39, 0.29) is 29.7 Å². The number of carbonyl (C=O) groups excluding carboxylic acids is 4. The normalized spacial score (nSPS) is 27.7. The maximum Gasteiger partial charge on any atom is 0.260 e. The molecule has 0 radical (unpaired) electrons. The van der Waals surface area contributed by atoms with Gasteiger partial charge < -0.3 is 9.84 Å². The lowest BCUT2D eigenvalue weighted by molar-refractivity contribution is -0.146. The van der Waals surface area contributed by atoms with Crippen LogP contribution in [0.3, 0.4) is 0 Å². The number of allylic oxidation sites excluding steroid dienone is 3. The van der Waals surface area contributed by atoms with Crippen LogP contribution in [0.15, 0.2) is 84.5 Å². The van der Waals surface area contributed by atoms with Crippen LogP contribution in [0.4, 0.5) is 10.1 Å². The second kappa shape index (κ2) is 12.1. The van der Waals surface area contributed by atoms with E-state index in [0.29, 0.717) is 28.3 Å². The molecule has 2 saturated heterocycles. The first-order valence-corrected chi connectivity index (χ1v) is 16.9. The van der Waals surface area contributed by atoms with Gasteiger partial charge in [-0.25, -0.2) is 4.39 Å². The highest BCUT2D eigenvalue weighted by Crippen LogP contribution is 2.61. The number of anilines is 1. The van der Waals surface area contributed by atoms with E-state index in [2.05, 4.69) is 5.43 Å². The van der Waals surface area contributed by atoms with Crippen LogP contribution < -0.4 is 10.2 Å². The first kappa shape index (κ1) is 33.5. The fraction of sp³-hybridized carbons (Fsp3) is 0.333. The molecular weight excluding hydrogens is 661 g/mol. The van der Waals surface area contributed by atoms with Crippen molar-refractivity contribution in [3.8, 4) is 11.5 Å². The first-order chi connectivity index (χ1) is 23.8. The Bertz CT molecular complexity index is 1970. The maximum absolute atomic E-state index is 15.1. The summed E-state index contributed by atoms with van der Waals surface area (Å²) >= 11 is 6.34. The van der Waals surface area contributed by atoms with E-state index in [0.717, 1.165) is 10.6 Å². The van der Waals surface area contributed by atoms with E-state index in [1.165, 1.54) is 42.3 Å². The summed E-state index contributed by atoms with van der Waals surface area (Å²) in [5.74, 6) is -5.21. The minimum absolute atomic E-state index is 0.0343. The van der Waals surface area contributed by atoms with Crippen molar-refractivity contribution in [1.82, 2.24) is 9.91 Å². The fourth-order valence-corrected chi connectivity index (χ4v) is 8.69. The van der Waals surface area contributed by atoms with Crippen LogP contribution >= 0.6 is 11.6 Å². The van der Waals surface area contributed by atoms with Crippen molar-refractivity contribution in [1.29, 1.82) is 0 Å². The van der Waals surface area contributed by atoms with Gasteiger partial charge in [-0.3, -0.25) is 29.5 Å². The molecule has 4 aliphatic rings. The van der Waals surface area contributed by atoms with Gasteiger partial charge in [-0.1, -0.05) is 53.6 Å². The van der Waals surface area contributed by atoms with Crippen molar-refractivity contribution in [3.05, 3.63) is 106 Å². The molecule has 0 aromatic heterocycles. The molecule has 2 aliphatic heterocycles. The molecule has 50 heavy (non-hydrogen) atoms. The van der Waals surface area contributed by atoms with E-state index in [4.69, 9.17) is 16.3 Å². The van der Waals surface area contributed by atoms with Gasteiger partial charge in [-0.2, -0.15) is 5.01 Å². The third kappa shape index (κ3) is 5.11. The SMILES string of the molecule is COc1cc(C=C[C@H]2C3=CC[C@@H]4C(=O)N(C(C)(C)C)C(=O)[C@@H]4[C@@H]3C[C@H]3C(=O)N(Nc4ccc(F)cc4)C(=O)[C@@]23c2ccc(Cl)cc2)ccc1O. The topological polar surface area (TPSA) is 116 Å². The smallest absolute Gasteiger partial charge is 0.260 e. The zero-order valence-electron chi connectivity index (χ0n) is 28.0. The largest absolute Gasteiger partial charge is 0.504 e. The van der Waals surface area contributed by atoms with Crippen molar-refractivity contribution in [2.24, 2.45) is 29.6 Å². The Balaban J connectivity index is 1.42. The third-order valence-electron chi connectivity index (χ3n) is 10.7. The van der Waals surface area contributed by atoms with Gasteiger partial charge in [0.2, 0.25) is 11.8 Å². The van der Waals surface area contributed by atoms with E-state index in [1.54, 1.807) is 36.4 Å². The van der Waals surface area contributed by atoms with Crippen molar-refractivity contribution in [2.75, 3.05) is 12.5 Å². The van der Waals surface area contributed by atoms with Crippen LogP contribution in [0.2, 0.25) is 5.02 Å². The number of likely N-dealkylation sites (tertiary alicyclic amines) is 1. The third-order valence-corrected chi connectivity index (χ3v) is 10.9. The number of halogens is 2. The summed E-state index contributed by atoms with van der Waals surface area (Å²) in [6, 6.07) is 17.1. The molecule has 3 aromatic rings. The summed E-state index contributed by atoms with van der Waals surface area (Å²) in [5, 5.41) is 11.7. The Labute approximate surface area is 294 Å². The number of imide groups is 2. The van der Waals surface area contributed by atoms with Crippen molar-refractivity contribution in [2.45, 2.75) is 44.6 Å². The summed E-state index contributed by atoms with van der Waals surface area (Å²) < 4.78 is 19.1. The van der Waals surface area contributed by atoms with Crippen LogP contribution in [0.1, 0.15) is 44.7 Å². The Morgan fingerprint density at radius 1 is 0.960 bits per heavy atom. The number of rotatable bonds is 6. The zero-order valence-corrected chi connectivity index (χ0v) is 28.8. The lowest BCUT2D eigenvalue weighted by Crippen LogP contribution is -2.54. The molecule has 0 unspecified atom stereocenters. The van der Waals surface area contributed by atoms with Gasteiger partial charge in [-0.15, -0.1) is 0 Å². The number of benzene rings is 3. The molecule has 6 atom stereocenters. The zero-order chi connectivity index (χ0) is 35.7. The molecule has 2 N–H and O–H groups in total. The van der Waals surface area contributed by atoms with E-state index < -0.39 is 58.2 Å². The van der Waals surface area contributed by atoms with E-state index in [1.807, 2.05) is 39.0 Å². The van der Waals surface area contributed by atoms with Gasteiger partial charge in [0, 0.05) is 16.5 Å². The lowest BCUT2D eigenvalue weighted by atomic mass is 9.50. The van der Waals surface area contributed by atoms with Crippen LogP contribution in [0.25, 0.3) is 6.08 Å². The second-order valence-electron chi connectivity index (χ2n) is 14.4. The highest BCUT2D eigenvalue weighted by atomic mass is 35.5. The molecule has 3 fully saturated rings. The number of phenols is 1. The highest BCUT2D eigenvalue weighted by molar-refractivity contribution is 6.30. The molecule has 258 valence electrons. The quantitative estimate of drug-likeness (QED) is 0.223. The van der Waals surface area contributed by atoms with Gasteiger partial charge in [0.1, 0.15) is 5.82 Å². The van der Waals surface area contributed by atoms with Gasteiger partial charge >= 0.3 is 0 Å². The number of hydrogen-bond donors (Lipinski definition) is 2. The van der Waals surface area contributed by atoms with Gasteiger partial charge in [0.05, 0.1) is 36.0 Å². The van der Waals surface area contributed by atoms with E-state index >= 15 is 4.79 Å². The highest BCUT2D eigenvalue weighted by Gasteiger charge is 2.69. The van der Waals surface area contributed by atoms with Crippen molar-refractivity contribution in [3.63, 3.8) is 0 Å². The number of ether oxygens (including phenoxy) is 1. The maximum atomic E-state index is 15.1. The van der Waals surface area contributed by atoms with Crippen LogP contribution in [0.5, 0.6) is 11.5 Å². The standard InChI is InChI=1S/C39H37ClFN3O6/c1-38(2,3)43-34(46)27-16-15-26-28(33(27)36(43)48)20-30-35(47)44(42-25-13-11-24(41)12-14-25)37(49)39(30,22-7-9-23(40)10-8-22)29(26)17-5-21-6-18-31(45)32(19-21)50-4/h5-15,17-19,27-30,33,42,45H,16,20H2,1-4H3/t27-,28+,29-,30-,33-,39-/m0/s1. The Morgan fingerprint density at radius 2 is 1.66 bits per heavy atom. The van der Waals surface area contributed by atoms with Crippen molar-refractivity contribution >= 4 is 47.0 Å².